The van der Waals surface area contributed by atoms with Crippen LogP contribution in [0.25, 0.3) is 17.0 Å². The molecule has 0 unspecified atom stereocenters. The number of fused-ring (bicyclic) bond motifs is 1. The highest BCUT2D eigenvalue weighted by molar-refractivity contribution is 6.30. The second-order valence-electron chi connectivity index (χ2n) is 3.43. The zero-order chi connectivity index (χ0) is 11.0. The largest absolute Gasteiger partial charge is 0.298 e. The van der Waals surface area contributed by atoms with Gasteiger partial charge in [0.1, 0.15) is 5.65 Å². The van der Waals surface area contributed by atoms with Crippen molar-refractivity contribution in [2.75, 3.05) is 0 Å². The molecule has 0 fully saturated rings. The van der Waals surface area contributed by atoms with Crippen molar-refractivity contribution in [3.8, 4) is 11.4 Å². The van der Waals surface area contributed by atoms with Crippen molar-refractivity contribution in [3.05, 3.63) is 53.9 Å². The number of aromatic nitrogens is 3. The molecule has 0 amide bonds. The molecule has 3 heterocycles. The normalized spacial score (nSPS) is 10.8. The van der Waals surface area contributed by atoms with Crippen LogP contribution < -0.4 is 0 Å². The number of nitrogens with zero attached hydrogens (tertiary/aromatic N) is 3. The molecular formula is C12H8ClN3. The van der Waals surface area contributed by atoms with Crippen LogP contribution in [0.1, 0.15) is 0 Å². The molecule has 0 radical (unpaired) electrons. The van der Waals surface area contributed by atoms with E-state index in [4.69, 9.17) is 11.6 Å². The van der Waals surface area contributed by atoms with Gasteiger partial charge in [-0.05, 0) is 24.3 Å². The summed E-state index contributed by atoms with van der Waals surface area (Å²) in [4.78, 5) is 8.54. The van der Waals surface area contributed by atoms with Gasteiger partial charge in [0.15, 0.2) is 0 Å². The van der Waals surface area contributed by atoms with E-state index >= 15 is 0 Å². The van der Waals surface area contributed by atoms with Gasteiger partial charge in [-0.15, -0.1) is 0 Å². The minimum Gasteiger partial charge on any atom is -0.298 e. The second-order valence-corrected chi connectivity index (χ2v) is 3.86. The van der Waals surface area contributed by atoms with Crippen molar-refractivity contribution in [1.29, 1.82) is 0 Å². The molecule has 3 rings (SSSR count). The molecule has 0 saturated heterocycles. The SMILES string of the molecule is Clc1ccnc(-c2cccc3nccn23)c1. The standard InChI is InChI=1S/C12H8ClN3/c13-9-4-5-14-10(8-9)11-2-1-3-12-15-6-7-16(11)12/h1-8H. The molecule has 78 valence electrons. The lowest BCUT2D eigenvalue weighted by molar-refractivity contribution is 1.16. The van der Waals surface area contributed by atoms with Gasteiger partial charge in [-0.25, -0.2) is 4.98 Å². The third kappa shape index (κ3) is 1.46. The van der Waals surface area contributed by atoms with E-state index in [1.165, 1.54) is 0 Å². The van der Waals surface area contributed by atoms with Gasteiger partial charge in [-0.3, -0.25) is 9.38 Å². The summed E-state index contributed by atoms with van der Waals surface area (Å²) >= 11 is 5.95. The summed E-state index contributed by atoms with van der Waals surface area (Å²) in [6.45, 7) is 0. The van der Waals surface area contributed by atoms with Gasteiger partial charge in [0.05, 0.1) is 11.4 Å². The highest BCUT2D eigenvalue weighted by atomic mass is 35.5. The Hall–Kier alpha value is -1.87. The maximum absolute atomic E-state index is 5.95. The van der Waals surface area contributed by atoms with Crippen LogP contribution in [0.4, 0.5) is 0 Å². The molecule has 0 aliphatic carbocycles. The minimum atomic E-state index is 0.683. The van der Waals surface area contributed by atoms with E-state index < -0.39 is 0 Å². The molecule has 3 aromatic heterocycles. The summed E-state index contributed by atoms with van der Waals surface area (Å²) in [6.07, 6.45) is 5.38. The van der Waals surface area contributed by atoms with Gasteiger partial charge in [0.2, 0.25) is 0 Å². The zero-order valence-electron chi connectivity index (χ0n) is 8.34. The predicted molar refractivity (Wildman–Crippen MR) is 63.4 cm³/mol. The average molecular weight is 230 g/mol. The van der Waals surface area contributed by atoms with E-state index in [0.717, 1.165) is 17.0 Å². The molecule has 3 nitrogen and oxygen atoms in total. The first-order chi connectivity index (χ1) is 7.84. The first kappa shape index (κ1) is 9.36. The number of pyridine rings is 2. The summed E-state index contributed by atoms with van der Waals surface area (Å²) < 4.78 is 1.98. The van der Waals surface area contributed by atoms with E-state index in [1.54, 1.807) is 18.5 Å². The van der Waals surface area contributed by atoms with Gasteiger partial charge in [0, 0.05) is 23.6 Å². The monoisotopic (exact) mass is 229 g/mol. The fourth-order valence-corrected chi connectivity index (χ4v) is 1.86. The van der Waals surface area contributed by atoms with Gasteiger partial charge >= 0.3 is 0 Å². The molecule has 0 aromatic carbocycles. The fraction of sp³-hybridized carbons (Fsp3) is 0. The lowest BCUT2D eigenvalue weighted by Gasteiger charge is -2.04. The molecule has 4 heteroatoms. The first-order valence-electron chi connectivity index (χ1n) is 4.88. The Morgan fingerprint density at radius 3 is 2.88 bits per heavy atom. The highest BCUT2D eigenvalue weighted by Gasteiger charge is 2.04. The lowest BCUT2D eigenvalue weighted by atomic mass is 10.2. The molecule has 0 N–H and O–H groups in total. The van der Waals surface area contributed by atoms with E-state index in [0.29, 0.717) is 5.02 Å². The highest BCUT2D eigenvalue weighted by Crippen LogP contribution is 2.20. The Morgan fingerprint density at radius 2 is 2.00 bits per heavy atom. The Kier molecular flexibility index (Phi) is 2.11. The molecule has 0 saturated carbocycles. The van der Waals surface area contributed by atoms with Gasteiger partial charge in [0.25, 0.3) is 0 Å². The molecule has 0 aliphatic heterocycles. The van der Waals surface area contributed by atoms with Gasteiger partial charge in [-0.2, -0.15) is 0 Å². The number of hydrogen-bond donors (Lipinski definition) is 0. The van der Waals surface area contributed by atoms with Crippen molar-refractivity contribution >= 4 is 17.2 Å². The number of rotatable bonds is 1. The van der Waals surface area contributed by atoms with Crippen molar-refractivity contribution in [3.63, 3.8) is 0 Å². The summed E-state index contributed by atoms with van der Waals surface area (Å²) in [5.41, 5.74) is 2.73. The Labute approximate surface area is 97.3 Å². The molecule has 0 atom stereocenters. The number of hydrogen-bond acceptors (Lipinski definition) is 2. The quantitative estimate of drug-likeness (QED) is 0.642. The summed E-state index contributed by atoms with van der Waals surface area (Å²) in [6, 6.07) is 9.51. The smallest absolute Gasteiger partial charge is 0.137 e. The van der Waals surface area contributed by atoms with Crippen LogP contribution in [-0.2, 0) is 0 Å². The third-order valence-electron chi connectivity index (χ3n) is 2.41. The predicted octanol–water partition coefficient (Wildman–Crippen LogP) is 3.05. The molecule has 16 heavy (non-hydrogen) atoms. The van der Waals surface area contributed by atoms with E-state index in [9.17, 15) is 0 Å². The van der Waals surface area contributed by atoms with Crippen LogP contribution in [0.15, 0.2) is 48.9 Å². The Bertz CT molecular complexity index is 645. The number of halogens is 1. The summed E-state index contributed by atoms with van der Waals surface area (Å²) in [7, 11) is 0. The Balaban J connectivity index is 2.29. The van der Waals surface area contributed by atoms with Crippen LogP contribution in [0, 0.1) is 0 Å². The van der Waals surface area contributed by atoms with Crippen molar-refractivity contribution in [1.82, 2.24) is 14.4 Å². The van der Waals surface area contributed by atoms with Crippen molar-refractivity contribution in [2.24, 2.45) is 0 Å². The van der Waals surface area contributed by atoms with Gasteiger partial charge < -0.3 is 0 Å². The molecule has 0 spiro atoms. The van der Waals surface area contributed by atoms with Crippen molar-refractivity contribution < 1.29 is 0 Å². The van der Waals surface area contributed by atoms with Crippen LogP contribution >= 0.6 is 11.6 Å². The fourth-order valence-electron chi connectivity index (χ4n) is 1.70. The second kappa shape index (κ2) is 3.61. The Morgan fingerprint density at radius 1 is 1.06 bits per heavy atom. The van der Waals surface area contributed by atoms with Gasteiger partial charge in [-0.1, -0.05) is 17.7 Å². The topological polar surface area (TPSA) is 30.2 Å². The zero-order valence-corrected chi connectivity index (χ0v) is 9.09. The van der Waals surface area contributed by atoms with E-state index in [2.05, 4.69) is 9.97 Å². The molecular weight excluding hydrogens is 222 g/mol. The van der Waals surface area contributed by atoms with Crippen LogP contribution in [-0.4, -0.2) is 14.4 Å². The summed E-state index contributed by atoms with van der Waals surface area (Å²) in [5, 5.41) is 0.683. The van der Waals surface area contributed by atoms with Crippen LogP contribution in [0.3, 0.4) is 0 Å². The maximum Gasteiger partial charge on any atom is 0.137 e. The lowest BCUT2D eigenvalue weighted by Crippen LogP contribution is -1.92. The first-order valence-corrected chi connectivity index (χ1v) is 5.26. The maximum atomic E-state index is 5.95. The van der Waals surface area contributed by atoms with E-state index in [-0.39, 0.29) is 0 Å². The average Bonchev–Trinajstić information content (AvgIpc) is 2.76. The molecule has 3 aromatic rings. The van der Waals surface area contributed by atoms with Crippen LogP contribution in [0.5, 0.6) is 0 Å². The summed E-state index contributed by atoms with van der Waals surface area (Å²) in [5.74, 6) is 0. The number of imidazole rings is 1. The molecule has 0 aliphatic rings. The molecule has 0 bridgehead atoms. The van der Waals surface area contributed by atoms with Crippen molar-refractivity contribution in [2.45, 2.75) is 0 Å². The third-order valence-corrected chi connectivity index (χ3v) is 2.65. The van der Waals surface area contributed by atoms with Crippen LogP contribution in [0.2, 0.25) is 5.02 Å². The minimum absolute atomic E-state index is 0.683. The van der Waals surface area contributed by atoms with E-state index in [1.807, 2.05) is 34.9 Å².